The molecule has 0 atom stereocenters. The molecule has 0 aliphatic rings. The number of carbonyl (C=O) groups excluding carboxylic acids is 1. The van der Waals surface area contributed by atoms with E-state index in [0.29, 0.717) is 16.5 Å². The van der Waals surface area contributed by atoms with Gasteiger partial charge in [0.05, 0.1) is 5.02 Å². The Morgan fingerprint density at radius 1 is 1.19 bits per heavy atom. The Balaban J connectivity index is 2.92. The maximum Gasteiger partial charge on any atom is 0.274 e. The molecule has 1 N–H and O–H groups in total. The highest BCUT2D eigenvalue weighted by Crippen LogP contribution is 2.19. The van der Waals surface area contributed by atoms with E-state index in [1.807, 2.05) is 11.8 Å². The Morgan fingerprint density at radius 3 is 2.33 bits per heavy atom. The Hall–Kier alpha value is -1.29. The first-order valence-corrected chi connectivity index (χ1v) is 8.21. The van der Waals surface area contributed by atoms with E-state index in [0.717, 1.165) is 45.3 Å². The summed E-state index contributed by atoms with van der Waals surface area (Å²) in [5.41, 5.74) is 0.349. The molecule has 0 saturated heterocycles. The number of nitrogens with zero attached hydrogens (tertiary/aromatic N) is 2. The number of amides is 1. The molecule has 0 aliphatic carbocycles. The minimum absolute atomic E-state index is 0.0679. The summed E-state index contributed by atoms with van der Waals surface area (Å²) in [6.45, 7) is 8.53. The molecule has 0 bridgehead atoms. The van der Waals surface area contributed by atoms with Gasteiger partial charge in [-0.3, -0.25) is 4.79 Å². The van der Waals surface area contributed by atoms with Gasteiger partial charge in [-0.2, -0.15) is 0 Å². The number of nitrogens with one attached hydrogen (secondary N) is 1. The van der Waals surface area contributed by atoms with Crippen LogP contribution in [0.3, 0.4) is 0 Å². The number of hydrogen-bond donors (Lipinski definition) is 1. The summed E-state index contributed by atoms with van der Waals surface area (Å²) in [6.07, 6.45) is 4.13. The van der Waals surface area contributed by atoms with Crippen molar-refractivity contribution in [1.82, 2.24) is 9.88 Å². The molecule has 0 fully saturated rings. The molecule has 1 aromatic rings. The van der Waals surface area contributed by atoms with Crippen LogP contribution in [0.5, 0.6) is 0 Å². The van der Waals surface area contributed by atoms with Crippen LogP contribution in [0.25, 0.3) is 0 Å². The van der Waals surface area contributed by atoms with Crippen LogP contribution >= 0.6 is 11.6 Å². The number of anilines is 1. The maximum atomic E-state index is 12.7. The monoisotopic (exact) mass is 311 g/mol. The fraction of sp³-hybridized carbons (Fsp3) is 0.625. The van der Waals surface area contributed by atoms with Crippen molar-refractivity contribution in [3.8, 4) is 0 Å². The molecular formula is C16H26ClN3O. The molecule has 21 heavy (non-hydrogen) atoms. The van der Waals surface area contributed by atoms with Crippen molar-refractivity contribution in [3.05, 3.63) is 22.8 Å². The van der Waals surface area contributed by atoms with Crippen LogP contribution in [0.4, 0.5) is 5.82 Å². The number of carbonyl (C=O) groups is 1. The van der Waals surface area contributed by atoms with Crippen molar-refractivity contribution in [2.45, 2.75) is 46.5 Å². The van der Waals surface area contributed by atoms with Crippen LogP contribution in [0.1, 0.15) is 56.9 Å². The normalized spacial score (nSPS) is 10.5. The van der Waals surface area contributed by atoms with Crippen molar-refractivity contribution in [2.75, 3.05) is 25.0 Å². The highest BCUT2D eigenvalue weighted by Gasteiger charge is 2.19. The maximum absolute atomic E-state index is 12.7. The second kappa shape index (κ2) is 9.61. The van der Waals surface area contributed by atoms with Crippen LogP contribution in [0.15, 0.2) is 12.1 Å². The van der Waals surface area contributed by atoms with E-state index in [2.05, 4.69) is 24.1 Å². The summed E-state index contributed by atoms with van der Waals surface area (Å²) in [5.74, 6) is 0.623. The SMILES string of the molecule is CCCCN(CCCC)C(=O)c1nc(NCC)ccc1Cl. The van der Waals surface area contributed by atoms with Crippen molar-refractivity contribution in [2.24, 2.45) is 0 Å². The third-order valence-electron chi connectivity index (χ3n) is 3.26. The minimum atomic E-state index is -0.0679. The Morgan fingerprint density at radius 2 is 1.81 bits per heavy atom. The predicted molar refractivity (Wildman–Crippen MR) is 89.1 cm³/mol. The molecule has 1 aromatic heterocycles. The van der Waals surface area contributed by atoms with Gasteiger partial charge in [0, 0.05) is 19.6 Å². The average molecular weight is 312 g/mol. The number of halogens is 1. The van der Waals surface area contributed by atoms with Crippen LogP contribution in [0.2, 0.25) is 5.02 Å². The van der Waals surface area contributed by atoms with E-state index in [1.54, 1.807) is 12.1 Å². The molecule has 1 heterocycles. The molecule has 0 radical (unpaired) electrons. The van der Waals surface area contributed by atoms with E-state index in [-0.39, 0.29) is 5.91 Å². The third-order valence-corrected chi connectivity index (χ3v) is 3.56. The van der Waals surface area contributed by atoms with E-state index < -0.39 is 0 Å². The lowest BCUT2D eigenvalue weighted by Crippen LogP contribution is -2.33. The molecule has 4 nitrogen and oxygen atoms in total. The fourth-order valence-corrected chi connectivity index (χ4v) is 2.22. The standard InChI is InChI=1S/C16H26ClN3O/c1-4-7-11-20(12-8-5-2)16(21)15-13(17)9-10-14(19-15)18-6-3/h9-10H,4-8,11-12H2,1-3H3,(H,18,19). The number of pyridine rings is 1. The summed E-state index contributed by atoms with van der Waals surface area (Å²) in [5, 5.41) is 3.53. The molecule has 118 valence electrons. The number of hydrogen-bond acceptors (Lipinski definition) is 3. The van der Waals surface area contributed by atoms with Crippen molar-refractivity contribution in [3.63, 3.8) is 0 Å². The summed E-state index contributed by atoms with van der Waals surface area (Å²) in [6, 6.07) is 3.53. The zero-order valence-electron chi connectivity index (χ0n) is 13.3. The molecular weight excluding hydrogens is 286 g/mol. The highest BCUT2D eigenvalue weighted by atomic mass is 35.5. The highest BCUT2D eigenvalue weighted by molar-refractivity contribution is 6.33. The summed E-state index contributed by atoms with van der Waals surface area (Å²) in [4.78, 5) is 18.9. The summed E-state index contributed by atoms with van der Waals surface area (Å²) >= 11 is 6.17. The molecule has 0 spiro atoms. The van der Waals surface area contributed by atoms with E-state index in [9.17, 15) is 4.79 Å². The lowest BCUT2D eigenvalue weighted by Gasteiger charge is -2.22. The van der Waals surface area contributed by atoms with Crippen LogP contribution in [-0.2, 0) is 0 Å². The van der Waals surface area contributed by atoms with Gasteiger partial charge in [-0.15, -0.1) is 0 Å². The third kappa shape index (κ3) is 5.54. The van der Waals surface area contributed by atoms with Crippen molar-refractivity contribution in [1.29, 1.82) is 0 Å². The number of unbranched alkanes of at least 4 members (excludes halogenated alkanes) is 2. The Kier molecular flexibility index (Phi) is 8.13. The Labute approximate surface area is 132 Å². The van der Waals surface area contributed by atoms with E-state index in [4.69, 9.17) is 11.6 Å². The molecule has 0 saturated carbocycles. The van der Waals surface area contributed by atoms with Crippen molar-refractivity contribution < 1.29 is 4.79 Å². The summed E-state index contributed by atoms with van der Waals surface area (Å²) < 4.78 is 0. The second-order valence-electron chi connectivity index (χ2n) is 5.06. The van der Waals surface area contributed by atoms with Gasteiger partial charge in [-0.05, 0) is 31.9 Å². The predicted octanol–water partition coefficient (Wildman–Crippen LogP) is 4.21. The first-order valence-electron chi connectivity index (χ1n) is 7.83. The van der Waals surface area contributed by atoms with Gasteiger partial charge < -0.3 is 10.2 Å². The van der Waals surface area contributed by atoms with Gasteiger partial charge in [0.2, 0.25) is 0 Å². The minimum Gasteiger partial charge on any atom is -0.370 e. The second-order valence-corrected chi connectivity index (χ2v) is 5.46. The van der Waals surface area contributed by atoms with Gasteiger partial charge in [0.25, 0.3) is 5.91 Å². The molecule has 1 amide bonds. The van der Waals surface area contributed by atoms with Gasteiger partial charge >= 0.3 is 0 Å². The van der Waals surface area contributed by atoms with Gasteiger partial charge in [-0.1, -0.05) is 38.3 Å². The van der Waals surface area contributed by atoms with E-state index >= 15 is 0 Å². The van der Waals surface area contributed by atoms with E-state index in [1.165, 1.54) is 0 Å². The zero-order chi connectivity index (χ0) is 15.7. The van der Waals surface area contributed by atoms with Gasteiger partial charge in [-0.25, -0.2) is 4.98 Å². The van der Waals surface area contributed by atoms with Crippen LogP contribution in [-0.4, -0.2) is 35.4 Å². The van der Waals surface area contributed by atoms with Gasteiger partial charge in [0.15, 0.2) is 0 Å². The lowest BCUT2D eigenvalue weighted by atomic mass is 10.2. The smallest absolute Gasteiger partial charge is 0.274 e. The molecule has 0 unspecified atom stereocenters. The first-order chi connectivity index (χ1) is 10.1. The quantitative estimate of drug-likeness (QED) is 0.743. The largest absolute Gasteiger partial charge is 0.370 e. The van der Waals surface area contributed by atoms with Crippen molar-refractivity contribution >= 4 is 23.3 Å². The Bertz CT molecular complexity index is 443. The molecule has 5 heteroatoms. The average Bonchev–Trinajstić information content (AvgIpc) is 2.49. The van der Waals surface area contributed by atoms with Crippen LogP contribution < -0.4 is 5.32 Å². The molecule has 1 rings (SSSR count). The lowest BCUT2D eigenvalue weighted by molar-refractivity contribution is 0.0745. The topological polar surface area (TPSA) is 45.2 Å². The zero-order valence-corrected chi connectivity index (χ0v) is 14.0. The fourth-order valence-electron chi connectivity index (χ4n) is 2.03. The van der Waals surface area contributed by atoms with Crippen LogP contribution in [0, 0.1) is 0 Å². The number of rotatable bonds is 9. The first kappa shape index (κ1) is 17.8. The number of aromatic nitrogens is 1. The van der Waals surface area contributed by atoms with Gasteiger partial charge in [0.1, 0.15) is 11.5 Å². The molecule has 0 aliphatic heterocycles. The molecule has 0 aromatic carbocycles. The summed E-state index contributed by atoms with van der Waals surface area (Å²) in [7, 11) is 0.